The summed E-state index contributed by atoms with van der Waals surface area (Å²) in [5.74, 6) is -2.00. The fourth-order valence-corrected chi connectivity index (χ4v) is 3.01. The van der Waals surface area contributed by atoms with Gasteiger partial charge in [0, 0.05) is 32.1 Å². The first kappa shape index (κ1) is 18.3. The highest BCUT2D eigenvalue weighted by Crippen LogP contribution is 2.23. The van der Waals surface area contributed by atoms with E-state index in [2.05, 4.69) is 0 Å². The van der Waals surface area contributed by atoms with Crippen molar-refractivity contribution >= 4 is 21.6 Å². The standard InChI is InChI=1S/C14H20F2N2O3S/c1-4-17(5-2)14(19)8-9-18(22(3,20)21)13-7-6-11(15)10-12(13)16/h6-7,10H,4-5,8-9H2,1-3H3. The van der Waals surface area contributed by atoms with Crippen LogP contribution >= 0.6 is 0 Å². The van der Waals surface area contributed by atoms with Crippen molar-refractivity contribution in [3.8, 4) is 0 Å². The highest BCUT2D eigenvalue weighted by molar-refractivity contribution is 7.92. The summed E-state index contributed by atoms with van der Waals surface area (Å²) in [7, 11) is -3.79. The van der Waals surface area contributed by atoms with Gasteiger partial charge in [0.25, 0.3) is 0 Å². The molecule has 0 bridgehead atoms. The molecule has 0 saturated heterocycles. The lowest BCUT2D eigenvalue weighted by molar-refractivity contribution is -0.130. The van der Waals surface area contributed by atoms with Crippen molar-refractivity contribution in [2.45, 2.75) is 20.3 Å². The second kappa shape index (κ2) is 7.53. The first-order chi connectivity index (χ1) is 10.2. The number of hydrogen-bond donors (Lipinski definition) is 0. The quantitative estimate of drug-likeness (QED) is 0.766. The lowest BCUT2D eigenvalue weighted by Gasteiger charge is -2.24. The summed E-state index contributed by atoms with van der Waals surface area (Å²) in [4.78, 5) is 13.5. The number of anilines is 1. The van der Waals surface area contributed by atoms with Gasteiger partial charge in [-0.1, -0.05) is 0 Å². The first-order valence-corrected chi connectivity index (χ1v) is 8.76. The predicted octanol–water partition coefficient (Wildman–Crippen LogP) is 1.99. The third-order valence-corrected chi connectivity index (χ3v) is 4.40. The summed E-state index contributed by atoms with van der Waals surface area (Å²) in [6.07, 6.45) is 0.837. The van der Waals surface area contributed by atoms with E-state index in [0.29, 0.717) is 19.2 Å². The highest BCUT2D eigenvalue weighted by Gasteiger charge is 2.23. The van der Waals surface area contributed by atoms with Crippen LogP contribution in [0.4, 0.5) is 14.5 Å². The van der Waals surface area contributed by atoms with Gasteiger partial charge in [0.1, 0.15) is 11.6 Å². The van der Waals surface area contributed by atoms with Crippen LogP contribution in [0.1, 0.15) is 20.3 Å². The molecule has 0 unspecified atom stereocenters. The van der Waals surface area contributed by atoms with Crippen LogP contribution in [-0.4, -0.2) is 45.1 Å². The van der Waals surface area contributed by atoms with Crippen LogP contribution in [0.25, 0.3) is 0 Å². The zero-order valence-corrected chi connectivity index (χ0v) is 13.7. The summed E-state index contributed by atoms with van der Waals surface area (Å²) in [6, 6.07) is 2.64. The average molecular weight is 334 g/mol. The van der Waals surface area contributed by atoms with Gasteiger partial charge in [-0.2, -0.15) is 0 Å². The zero-order chi connectivity index (χ0) is 16.9. The van der Waals surface area contributed by atoms with E-state index in [9.17, 15) is 22.0 Å². The zero-order valence-electron chi connectivity index (χ0n) is 12.8. The molecule has 0 aromatic heterocycles. The molecule has 0 aliphatic heterocycles. The molecule has 1 amide bonds. The van der Waals surface area contributed by atoms with E-state index in [1.54, 1.807) is 4.90 Å². The van der Waals surface area contributed by atoms with Crippen molar-refractivity contribution in [3.63, 3.8) is 0 Å². The molecular weight excluding hydrogens is 314 g/mol. The molecule has 8 heteroatoms. The maximum Gasteiger partial charge on any atom is 0.232 e. The molecule has 124 valence electrons. The van der Waals surface area contributed by atoms with Gasteiger partial charge in [0.2, 0.25) is 15.9 Å². The lowest BCUT2D eigenvalue weighted by Crippen LogP contribution is -2.37. The normalized spacial score (nSPS) is 11.3. The second-order valence-corrected chi connectivity index (χ2v) is 6.65. The average Bonchev–Trinajstić information content (AvgIpc) is 2.41. The van der Waals surface area contributed by atoms with E-state index >= 15 is 0 Å². The van der Waals surface area contributed by atoms with Crippen LogP contribution in [0.15, 0.2) is 18.2 Å². The van der Waals surface area contributed by atoms with Crippen molar-refractivity contribution in [3.05, 3.63) is 29.8 Å². The Balaban J connectivity index is 2.99. The van der Waals surface area contributed by atoms with E-state index in [0.717, 1.165) is 22.7 Å². The molecule has 0 aliphatic carbocycles. The van der Waals surface area contributed by atoms with Crippen LogP contribution in [0.2, 0.25) is 0 Å². The molecule has 1 aromatic rings. The first-order valence-electron chi connectivity index (χ1n) is 6.91. The molecule has 22 heavy (non-hydrogen) atoms. The number of carbonyl (C=O) groups excluding carboxylic acids is 1. The van der Waals surface area contributed by atoms with Crippen molar-refractivity contribution < 1.29 is 22.0 Å². The molecule has 0 aliphatic rings. The van der Waals surface area contributed by atoms with Crippen LogP contribution in [-0.2, 0) is 14.8 Å². The number of amides is 1. The van der Waals surface area contributed by atoms with Crippen molar-refractivity contribution in [2.75, 3.05) is 30.2 Å². The topological polar surface area (TPSA) is 57.7 Å². The van der Waals surface area contributed by atoms with Gasteiger partial charge < -0.3 is 4.90 Å². The molecule has 5 nitrogen and oxygen atoms in total. The Kier molecular flexibility index (Phi) is 6.28. The van der Waals surface area contributed by atoms with Crippen LogP contribution in [0.5, 0.6) is 0 Å². The smallest absolute Gasteiger partial charge is 0.232 e. The lowest BCUT2D eigenvalue weighted by atomic mass is 10.2. The van der Waals surface area contributed by atoms with Gasteiger partial charge in [-0.3, -0.25) is 9.10 Å². The number of rotatable bonds is 7. The number of sulfonamides is 1. The van der Waals surface area contributed by atoms with Gasteiger partial charge in [-0.15, -0.1) is 0 Å². The van der Waals surface area contributed by atoms with E-state index in [1.807, 2.05) is 13.8 Å². The Bertz CT molecular complexity index is 631. The second-order valence-electron chi connectivity index (χ2n) is 4.75. The summed E-state index contributed by atoms with van der Waals surface area (Å²) in [6.45, 7) is 4.46. The molecule has 1 aromatic carbocycles. The van der Waals surface area contributed by atoms with Crippen molar-refractivity contribution in [1.29, 1.82) is 0 Å². The number of nitrogens with zero attached hydrogens (tertiary/aromatic N) is 2. The Morgan fingerprint density at radius 1 is 1.18 bits per heavy atom. The molecule has 0 N–H and O–H groups in total. The van der Waals surface area contributed by atoms with Gasteiger partial charge in [0.05, 0.1) is 11.9 Å². The Hall–Kier alpha value is -1.70. The number of benzene rings is 1. The Morgan fingerprint density at radius 2 is 1.77 bits per heavy atom. The minimum atomic E-state index is -3.79. The molecule has 0 atom stereocenters. The van der Waals surface area contributed by atoms with Gasteiger partial charge in [-0.25, -0.2) is 17.2 Å². The van der Waals surface area contributed by atoms with Gasteiger partial charge in [-0.05, 0) is 26.0 Å². The maximum atomic E-state index is 13.8. The maximum absolute atomic E-state index is 13.8. The molecular formula is C14H20F2N2O3S. The molecule has 0 saturated carbocycles. The SMILES string of the molecule is CCN(CC)C(=O)CCN(c1ccc(F)cc1F)S(C)(=O)=O. The number of carbonyl (C=O) groups is 1. The Morgan fingerprint density at radius 3 is 2.23 bits per heavy atom. The fraction of sp³-hybridized carbons (Fsp3) is 0.500. The molecule has 0 spiro atoms. The van der Waals surface area contributed by atoms with E-state index in [1.165, 1.54) is 0 Å². The monoisotopic (exact) mass is 334 g/mol. The highest BCUT2D eigenvalue weighted by atomic mass is 32.2. The minimum Gasteiger partial charge on any atom is -0.343 e. The summed E-state index contributed by atoms with van der Waals surface area (Å²) in [5, 5.41) is 0. The summed E-state index contributed by atoms with van der Waals surface area (Å²) >= 11 is 0. The molecule has 0 heterocycles. The van der Waals surface area contributed by atoms with Crippen LogP contribution in [0.3, 0.4) is 0 Å². The summed E-state index contributed by atoms with van der Waals surface area (Å²) < 4.78 is 51.2. The minimum absolute atomic E-state index is 0.0778. The third-order valence-electron chi connectivity index (χ3n) is 3.22. The van der Waals surface area contributed by atoms with Crippen LogP contribution < -0.4 is 4.31 Å². The predicted molar refractivity (Wildman–Crippen MR) is 81.1 cm³/mol. The van der Waals surface area contributed by atoms with Crippen molar-refractivity contribution in [2.24, 2.45) is 0 Å². The molecule has 0 fully saturated rings. The van der Waals surface area contributed by atoms with Crippen LogP contribution in [0, 0.1) is 11.6 Å². The fourth-order valence-electron chi connectivity index (χ4n) is 2.08. The third kappa shape index (κ3) is 4.66. The molecule has 1 rings (SSSR count). The summed E-state index contributed by atoms with van der Waals surface area (Å²) in [5.41, 5.74) is -0.267. The van der Waals surface area contributed by atoms with E-state index in [4.69, 9.17) is 0 Å². The number of halogens is 2. The van der Waals surface area contributed by atoms with Crippen molar-refractivity contribution in [1.82, 2.24) is 4.90 Å². The number of hydrogen-bond acceptors (Lipinski definition) is 3. The van der Waals surface area contributed by atoms with E-state index < -0.39 is 21.7 Å². The van der Waals surface area contributed by atoms with Gasteiger partial charge in [0.15, 0.2) is 0 Å². The van der Waals surface area contributed by atoms with Gasteiger partial charge >= 0.3 is 0 Å². The largest absolute Gasteiger partial charge is 0.343 e. The van der Waals surface area contributed by atoms with E-state index in [-0.39, 0.29) is 24.6 Å². The molecule has 0 radical (unpaired) electrons. The Labute approximate surface area is 129 Å².